The third-order valence-electron chi connectivity index (χ3n) is 3.38. The molecule has 2 atom stereocenters. The van der Waals surface area contributed by atoms with Crippen molar-refractivity contribution in [3.63, 3.8) is 0 Å². The Morgan fingerprint density at radius 2 is 1.92 bits per heavy atom. The molecule has 1 aromatic rings. The van der Waals surface area contributed by atoms with Crippen LogP contribution in [0.15, 0.2) is 24.3 Å². The second-order valence-electron chi connectivity index (χ2n) is 5.39. The van der Waals surface area contributed by atoms with Crippen LogP contribution in [0.25, 0.3) is 0 Å². The van der Waals surface area contributed by atoms with Gasteiger partial charge in [-0.1, -0.05) is 0 Å². The molecule has 9 heteroatoms. The summed E-state index contributed by atoms with van der Waals surface area (Å²) in [5.41, 5.74) is 0.188. The number of benzene rings is 1. The quantitative estimate of drug-likeness (QED) is 0.901. The van der Waals surface area contributed by atoms with Crippen molar-refractivity contribution in [3.8, 4) is 5.75 Å². The number of hydrogen-bond acceptors (Lipinski definition) is 4. The van der Waals surface area contributed by atoms with Crippen molar-refractivity contribution in [1.29, 1.82) is 0 Å². The summed E-state index contributed by atoms with van der Waals surface area (Å²) in [7, 11) is 0. The maximum atomic E-state index is 12.8. The van der Waals surface area contributed by atoms with Gasteiger partial charge in [-0.3, -0.25) is 4.79 Å². The van der Waals surface area contributed by atoms with Gasteiger partial charge in [-0.2, -0.15) is 13.2 Å². The fourth-order valence-corrected chi connectivity index (χ4v) is 2.32. The summed E-state index contributed by atoms with van der Waals surface area (Å²) >= 11 is 0. The molecule has 1 N–H and O–H groups in total. The Labute approximate surface area is 135 Å². The largest absolute Gasteiger partial charge is 0.482 e. The molecule has 1 aromatic carbocycles. The summed E-state index contributed by atoms with van der Waals surface area (Å²) in [6, 6.07) is 5.53. The second kappa shape index (κ2) is 7.08. The molecule has 1 amide bonds. The monoisotopic (exact) mass is 347 g/mol. The van der Waals surface area contributed by atoms with Crippen molar-refractivity contribution in [2.24, 2.45) is 0 Å². The van der Waals surface area contributed by atoms with Crippen molar-refractivity contribution < 1.29 is 37.3 Å². The van der Waals surface area contributed by atoms with Crippen molar-refractivity contribution in [2.75, 3.05) is 19.7 Å². The SMILES string of the molecule is CC1CN(C(=O)c2ccc(OCC(=O)O)cc2)CC(C(F)(F)F)O1. The van der Waals surface area contributed by atoms with E-state index in [2.05, 4.69) is 0 Å². The predicted octanol–water partition coefficient (Wildman–Crippen LogP) is 1.94. The molecule has 0 aromatic heterocycles. The van der Waals surface area contributed by atoms with Gasteiger partial charge < -0.3 is 19.5 Å². The van der Waals surface area contributed by atoms with Crippen molar-refractivity contribution >= 4 is 11.9 Å². The van der Waals surface area contributed by atoms with Crippen LogP contribution in [-0.4, -0.2) is 60.0 Å². The fraction of sp³-hybridized carbons (Fsp3) is 0.467. The topological polar surface area (TPSA) is 76.1 Å². The smallest absolute Gasteiger partial charge is 0.416 e. The highest BCUT2D eigenvalue weighted by Crippen LogP contribution is 2.28. The van der Waals surface area contributed by atoms with Crippen LogP contribution in [0.1, 0.15) is 17.3 Å². The first kappa shape index (κ1) is 18.1. The number of hydrogen-bond donors (Lipinski definition) is 1. The standard InChI is InChI=1S/C15H16F3NO5/c1-9-6-19(7-12(24-9)15(16,17)18)14(22)10-2-4-11(5-3-10)23-8-13(20)21/h2-5,9,12H,6-8H2,1H3,(H,20,21). The molecule has 2 rings (SSSR count). The van der Waals surface area contributed by atoms with E-state index in [9.17, 15) is 22.8 Å². The van der Waals surface area contributed by atoms with E-state index in [0.717, 1.165) is 4.90 Å². The van der Waals surface area contributed by atoms with Crippen LogP contribution < -0.4 is 4.74 Å². The van der Waals surface area contributed by atoms with Gasteiger partial charge in [-0.25, -0.2) is 4.79 Å². The summed E-state index contributed by atoms with van der Waals surface area (Å²) in [4.78, 5) is 23.9. The number of carboxylic acids is 1. The maximum Gasteiger partial charge on any atom is 0.416 e. The van der Waals surface area contributed by atoms with Gasteiger partial charge in [0, 0.05) is 12.1 Å². The zero-order valence-corrected chi connectivity index (χ0v) is 12.7. The van der Waals surface area contributed by atoms with Crippen LogP contribution in [-0.2, 0) is 9.53 Å². The molecular formula is C15H16F3NO5. The van der Waals surface area contributed by atoms with E-state index < -0.39 is 43.4 Å². The van der Waals surface area contributed by atoms with Gasteiger partial charge >= 0.3 is 12.1 Å². The Kier molecular flexibility index (Phi) is 5.33. The highest BCUT2D eigenvalue weighted by Gasteiger charge is 2.46. The van der Waals surface area contributed by atoms with Gasteiger partial charge in [0.1, 0.15) is 5.75 Å². The number of alkyl halides is 3. The molecule has 0 bridgehead atoms. The Bertz CT molecular complexity index is 602. The molecule has 0 radical (unpaired) electrons. The van der Waals surface area contributed by atoms with Gasteiger partial charge in [0.2, 0.25) is 0 Å². The van der Waals surface area contributed by atoms with E-state index in [0.29, 0.717) is 0 Å². The molecule has 24 heavy (non-hydrogen) atoms. The highest BCUT2D eigenvalue weighted by atomic mass is 19.4. The van der Waals surface area contributed by atoms with Gasteiger partial charge in [-0.15, -0.1) is 0 Å². The molecule has 1 aliphatic rings. The Hall–Kier alpha value is -2.29. The van der Waals surface area contributed by atoms with E-state index in [1.807, 2.05) is 0 Å². The van der Waals surface area contributed by atoms with Crippen LogP contribution >= 0.6 is 0 Å². The lowest BCUT2D eigenvalue weighted by Crippen LogP contribution is -2.54. The average Bonchev–Trinajstić information content (AvgIpc) is 2.51. The first-order valence-corrected chi connectivity index (χ1v) is 7.13. The molecule has 1 heterocycles. The van der Waals surface area contributed by atoms with Gasteiger partial charge in [0.05, 0.1) is 12.6 Å². The molecule has 0 saturated carbocycles. The van der Waals surface area contributed by atoms with Crippen molar-refractivity contribution in [2.45, 2.75) is 25.3 Å². The lowest BCUT2D eigenvalue weighted by molar-refractivity contribution is -0.247. The number of amides is 1. The van der Waals surface area contributed by atoms with E-state index in [4.69, 9.17) is 14.6 Å². The number of morpholine rings is 1. The van der Waals surface area contributed by atoms with Gasteiger partial charge in [0.25, 0.3) is 5.91 Å². The van der Waals surface area contributed by atoms with Crippen molar-refractivity contribution in [1.82, 2.24) is 4.90 Å². The third kappa shape index (κ3) is 4.60. The van der Waals surface area contributed by atoms with Crippen LogP contribution in [0.3, 0.4) is 0 Å². The third-order valence-corrected chi connectivity index (χ3v) is 3.38. The summed E-state index contributed by atoms with van der Waals surface area (Å²) in [5, 5.41) is 8.51. The van der Waals surface area contributed by atoms with E-state index in [1.165, 1.54) is 31.2 Å². The first-order chi connectivity index (χ1) is 11.2. The van der Waals surface area contributed by atoms with Crippen LogP contribution in [0.5, 0.6) is 5.75 Å². The number of rotatable bonds is 4. The van der Waals surface area contributed by atoms with Gasteiger partial charge in [-0.05, 0) is 31.2 Å². The molecule has 2 unspecified atom stereocenters. The zero-order chi connectivity index (χ0) is 17.9. The molecule has 0 spiro atoms. The number of carbonyl (C=O) groups is 2. The van der Waals surface area contributed by atoms with Crippen LogP contribution in [0.4, 0.5) is 13.2 Å². The highest BCUT2D eigenvalue weighted by molar-refractivity contribution is 5.94. The Morgan fingerprint density at radius 3 is 2.46 bits per heavy atom. The number of halogens is 3. The lowest BCUT2D eigenvalue weighted by Gasteiger charge is -2.37. The lowest BCUT2D eigenvalue weighted by atomic mass is 10.1. The van der Waals surface area contributed by atoms with Gasteiger partial charge in [0.15, 0.2) is 12.7 Å². The maximum absolute atomic E-state index is 12.8. The Balaban J connectivity index is 2.06. The summed E-state index contributed by atoms with van der Waals surface area (Å²) < 4.78 is 48.3. The summed E-state index contributed by atoms with van der Waals surface area (Å²) in [6.07, 6.45) is -7.28. The molecule has 0 aliphatic carbocycles. The Morgan fingerprint density at radius 1 is 1.29 bits per heavy atom. The van der Waals surface area contributed by atoms with E-state index in [1.54, 1.807) is 0 Å². The minimum atomic E-state index is -4.54. The molecule has 1 aliphatic heterocycles. The van der Waals surface area contributed by atoms with Crippen LogP contribution in [0.2, 0.25) is 0 Å². The summed E-state index contributed by atoms with van der Waals surface area (Å²) in [5.74, 6) is -1.45. The number of carboxylic acid groups (broad SMARTS) is 1. The van der Waals surface area contributed by atoms with E-state index >= 15 is 0 Å². The number of aliphatic carboxylic acids is 1. The second-order valence-corrected chi connectivity index (χ2v) is 5.39. The molecule has 1 saturated heterocycles. The number of ether oxygens (including phenoxy) is 2. The first-order valence-electron chi connectivity index (χ1n) is 7.13. The number of nitrogens with zero attached hydrogens (tertiary/aromatic N) is 1. The predicted molar refractivity (Wildman–Crippen MR) is 75.9 cm³/mol. The molecule has 1 fully saturated rings. The zero-order valence-electron chi connectivity index (χ0n) is 12.7. The minimum absolute atomic E-state index is 0.0582. The minimum Gasteiger partial charge on any atom is -0.482 e. The normalized spacial score (nSPS) is 21.4. The molecule has 6 nitrogen and oxygen atoms in total. The van der Waals surface area contributed by atoms with Crippen LogP contribution in [0, 0.1) is 0 Å². The molecular weight excluding hydrogens is 331 g/mol. The average molecular weight is 347 g/mol. The van der Waals surface area contributed by atoms with Crippen molar-refractivity contribution in [3.05, 3.63) is 29.8 Å². The fourth-order valence-electron chi connectivity index (χ4n) is 2.32. The molecule has 132 valence electrons. The number of carbonyl (C=O) groups excluding carboxylic acids is 1. The van der Waals surface area contributed by atoms with E-state index in [-0.39, 0.29) is 17.9 Å². The summed E-state index contributed by atoms with van der Waals surface area (Å²) in [6.45, 7) is 0.440.